The van der Waals surface area contributed by atoms with E-state index < -0.39 is 0 Å². The molecule has 1 aromatic carbocycles. The van der Waals surface area contributed by atoms with Crippen molar-refractivity contribution in [3.05, 3.63) is 52.6 Å². The van der Waals surface area contributed by atoms with Gasteiger partial charge in [0.25, 0.3) is 0 Å². The molecule has 0 radical (unpaired) electrons. The summed E-state index contributed by atoms with van der Waals surface area (Å²) in [4.78, 5) is 18.2. The first-order valence-electron chi connectivity index (χ1n) is 16.3. The zero-order valence-electron chi connectivity index (χ0n) is 28.6. The van der Waals surface area contributed by atoms with Crippen molar-refractivity contribution in [2.75, 3.05) is 58.3 Å². The van der Waals surface area contributed by atoms with Crippen LogP contribution in [0.2, 0.25) is 0 Å². The molecule has 0 amide bonds. The van der Waals surface area contributed by atoms with Gasteiger partial charge in [-0.1, -0.05) is 109 Å². The molecule has 1 heterocycles. The highest BCUT2D eigenvalue weighted by Gasteiger charge is 2.12. The average Bonchev–Trinajstić information content (AvgIpc) is 2.99. The number of benzene rings is 1. The number of piperidine rings is 1. The first kappa shape index (κ1) is 41.5. The van der Waals surface area contributed by atoms with Gasteiger partial charge in [-0.25, -0.2) is 0 Å². The molecule has 2 rings (SSSR count). The Balaban J connectivity index is 0. The van der Waals surface area contributed by atoms with Gasteiger partial charge < -0.3 is 14.7 Å². The Labute approximate surface area is 261 Å². The van der Waals surface area contributed by atoms with E-state index in [0.717, 1.165) is 49.4 Å². The summed E-state index contributed by atoms with van der Waals surface area (Å²) in [5.41, 5.74) is 3.28. The van der Waals surface area contributed by atoms with Crippen LogP contribution in [0.25, 0.3) is 0 Å². The lowest BCUT2D eigenvalue weighted by Crippen LogP contribution is -2.31. The van der Waals surface area contributed by atoms with Gasteiger partial charge in [0.1, 0.15) is 6.29 Å². The largest absolute Gasteiger partial charge is 0.373 e. The van der Waals surface area contributed by atoms with Gasteiger partial charge in [-0.2, -0.15) is 0 Å². The van der Waals surface area contributed by atoms with Gasteiger partial charge in [-0.3, -0.25) is 4.79 Å². The van der Waals surface area contributed by atoms with E-state index in [4.69, 9.17) is 11.6 Å². The highest BCUT2D eigenvalue weighted by Crippen LogP contribution is 2.24. The summed E-state index contributed by atoms with van der Waals surface area (Å²) >= 11 is 5.44. The van der Waals surface area contributed by atoms with Crippen LogP contribution < -0.4 is 4.90 Å². The second-order valence-electron chi connectivity index (χ2n) is 11.2. The van der Waals surface area contributed by atoms with E-state index in [1.165, 1.54) is 69.4 Å². The summed E-state index contributed by atoms with van der Waals surface area (Å²) in [5.74, 6) is 0.654. The van der Waals surface area contributed by atoms with Crippen LogP contribution in [0.3, 0.4) is 0 Å². The fraction of sp³-hybridized carbons (Fsp3) is 0.694. The quantitative estimate of drug-likeness (QED) is 0.168. The molecule has 0 N–H and O–H groups in total. The van der Waals surface area contributed by atoms with Crippen molar-refractivity contribution < 1.29 is 4.79 Å². The summed E-state index contributed by atoms with van der Waals surface area (Å²) in [5, 5.41) is 0.887. The van der Waals surface area contributed by atoms with E-state index in [0.29, 0.717) is 5.92 Å². The Morgan fingerprint density at radius 3 is 2.07 bits per heavy atom. The lowest BCUT2D eigenvalue weighted by atomic mass is 9.96. The van der Waals surface area contributed by atoms with Gasteiger partial charge in [0.05, 0.1) is 0 Å². The number of hydrogen-bond acceptors (Lipinski definition) is 4. The standard InChI is InChI=1S/C20H32N2O.C7H15N.C5H9Cl.C4H10/c1-6-8-11-21(4)12-13-22(5)20-15-18(16-23)9-10-19(20)14-17(3)7-2;1-2-8-6-4-3-5-7-8;1-3-4-5(2)6;1-3-4-2/h6,8-10,15-17H,7,11-14H2,1-5H3;2-7H2,1H3;4H,3H2,1-2H3;3-4H2,1-2H3/b8-6-;;5-4+;. The summed E-state index contributed by atoms with van der Waals surface area (Å²) < 4.78 is 0. The van der Waals surface area contributed by atoms with Gasteiger partial charge in [0, 0.05) is 43.0 Å². The number of carbonyl (C=O) groups excluding carboxylic acids is 1. The molecule has 1 fully saturated rings. The Morgan fingerprint density at radius 2 is 1.66 bits per heavy atom. The fourth-order valence-corrected chi connectivity index (χ4v) is 4.23. The first-order chi connectivity index (χ1) is 19.6. The van der Waals surface area contributed by atoms with Gasteiger partial charge in [0.15, 0.2) is 0 Å². The monoisotopic (exact) mass is 591 g/mol. The number of aldehydes is 1. The number of hydrogen-bond donors (Lipinski definition) is 0. The SMILES string of the molecule is C/C=C\CN(C)CCN(C)c1cc(C=O)ccc1CC(C)CC.CC/C=C(\C)Cl.CCCC.CCN1CCCCC1. The maximum absolute atomic E-state index is 11.1. The van der Waals surface area contributed by atoms with E-state index in [-0.39, 0.29) is 0 Å². The van der Waals surface area contributed by atoms with Crippen LogP contribution >= 0.6 is 11.6 Å². The van der Waals surface area contributed by atoms with Gasteiger partial charge in [0.2, 0.25) is 0 Å². The zero-order valence-corrected chi connectivity index (χ0v) is 29.4. The van der Waals surface area contributed by atoms with E-state index in [1.54, 1.807) is 0 Å². The van der Waals surface area contributed by atoms with Crippen molar-refractivity contribution in [3.63, 3.8) is 0 Å². The van der Waals surface area contributed by atoms with Crippen LogP contribution in [0.4, 0.5) is 5.69 Å². The second kappa shape index (κ2) is 28.5. The third kappa shape index (κ3) is 23.6. The Hall–Kier alpha value is -1.62. The van der Waals surface area contributed by atoms with Crippen molar-refractivity contribution >= 4 is 23.6 Å². The summed E-state index contributed by atoms with van der Waals surface area (Å²) in [6.07, 6.45) is 17.4. The molecule has 238 valence electrons. The van der Waals surface area contributed by atoms with Crippen molar-refractivity contribution in [3.8, 4) is 0 Å². The minimum absolute atomic E-state index is 0.654. The van der Waals surface area contributed by atoms with E-state index in [1.807, 2.05) is 32.1 Å². The molecule has 1 saturated heterocycles. The number of likely N-dealkylation sites (tertiary alicyclic amines) is 1. The molecule has 0 spiro atoms. The first-order valence-corrected chi connectivity index (χ1v) is 16.6. The molecule has 41 heavy (non-hydrogen) atoms. The Bertz CT molecular complexity index is 796. The van der Waals surface area contributed by atoms with Crippen LogP contribution in [0, 0.1) is 5.92 Å². The zero-order chi connectivity index (χ0) is 31.5. The molecule has 1 aromatic rings. The number of anilines is 1. The molecular formula is C36H66ClN3O. The molecule has 4 nitrogen and oxygen atoms in total. The number of allylic oxidation sites excluding steroid dienone is 3. The van der Waals surface area contributed by atoms with Crippen LogP contribution in [0.15, 0.2) is 41.5 Å². The highest BCUT2D eigenvalue weighted by molar-refractivity contribution is 6.29. The van der Waals surface area contributed by atoms with Crippen LogP contribution in [0.5, 0.6) is 0 Å². The third-order valence-corrected chi connectivity index (χ3v) is 7.43. The maximum atomic E-state index is 11.1. The van der Waals surface area contributed by atoms with Crippen LogP contribution in [-0.2, 0) is 6.42 Å². The van der Waals surface area contributed by atoms with E-state index in [2.05, 4.69) is 88.6 Å². The number of likely N-dealkylation sites (N-methyl/N-ethyl adjacent to an activating group) is 2. The molecule has 1 aliphatic rings. The Kier molecular flexibility index (Phi) is 28.9. The maximum Gasteiger partial charge on any atom is 0.150 e. The Morgan fingerprint density at radius 1 is 1.02 bits per heavy atom. The van der Waals surface area contributed by atoms with Gasteiger partial charge >= 0.3 is 0 Å². The molecule has 0 aliphatic carbocycles. The predicted octanol–water partition coefficient (Wildman–Crippen LogP) is 9.87. The molecule has 1 unspecified atom stereocenters. The predicted molar refractivity (Wildman–Crippen MR) is 187 cm³/mol. The van der Waals surface area contributed by atoms with Crippen molar-refractivity contribution in [1.29, 1.82) is 0 Å². The minimum Gasteiger partial charge on any atom is -0.373 e. The van der Waals surface area contributed by atoms with Crippen LogP contribution in [-0.4, -0.2) is 69.4 Å². The van der Waals surface area contributed by atoms with Crippen molar-refractivity contribution in [1.82, 2.24) is 9.80 Å². The fourth-order valence-electron chi connectivity index (χ4n) is 4.08. The van der Waals surface area contributed by atoms with Crippen molar-refractivity contribution in [2.24, 2.45) is 5.92 Å². The number of rotatable bonds is 13. The average molecular weight is 592 g/mol. The van der Waals surface area contributed by atoms with E-state index >= 15 is 0 Å². The number of unbranched alkanes of at least 4 members (excludes halogenated alkanes) is 1. The van der Waals surface area contributed by atoms with Gasteiger partial charge in [-0.05, 0) is 83.8 Å². The smallest absolute Gasteiger partial charge is 0.150 e. The highest BCUT2D eigenvalue weighted by atomic mass is 35.5. The lowest BCUT2D eigenvalue weighted by Gasteiger charge is -2.26. The molecule has 0 aromatic heterocycles. The molecule has 0 saturated carbocycles. The van der Waals surface area contributed by atoms with Crippen LogP contribution in [0.1, 0.15) is 116 Å². The number of carbonyl (C=O) groups is 1. The summed E-state index contributed by atoms with van der Waals surface area (Å²) in [7, 11) is 4.25. The summed E-state index contributed by atoms with van der Waals surface area (Å²) in [6, 6.07) is 6.07. The summed E-state index contributed by atoms with van der Waals surface area (Å²) in [6.45, 7) is 23.9. The van der Waals surface area contributed by atoms with Crippen molar-refractivity contribution in [2.45, 2.75) is 107 Å². The lowest BCUT2D eigenvalue weighted by molar-refractivity contribution is 0.112. The number of halogens is 1. The number of nitrogens with zero attached hydrogens (tertiary/aromatic N) is 3. The molecular weight excluding hydrogens is 526 g/mol. The topological polar surface area (TPSA) is 26.8 Å². The second-order valence-corrected chi connectivity index (χ2v) is 11.8. The molecule has 1 aliphatic heterocycles. The molecule has 0 bridgehead atoms. The molecule has 1 atom stereocenters. The van der Waals surface area contributed by atoms with Gasteiger partial charge in [-0.15, -0.1) is 0 Å². The third-order valence-electron chi connectivity index (χ3n) is 7.27. The van der Waals surface area contributed by atoms with E-state index in [9.17, 15) is 4.79 Å². The minimum atomic E-state index is 0.654. The molecule has 5 heteroatoms. The normalized spacial score (nSPS) is 14.3.